The molecule has 37 heavy (non-hydrogen) atoms. The Kier molecular flexibility index (Phi) is 7.97. The van der Waals surface area contributed by atoms with Gasteiger partial charge in [-0.15, -0.1) is 0 Å². The molecule has 1 atom stereocenters. The SMILES string of the molecule is CCCC1=C(C(=O)OCC)[C@@H](c2ccc(C(C)C)cc2)n2c(s/c(=C\c3ccc(O)c(OC)c3)c2=O)=N1. The Morgan fingerprint density at radius 1 is 1.19 bits per heavy atom. The predicted molar refractivity (Wildman–Crippen MR) is 145 cm³/mol. The minimum atomic E-state index is -0.644. The minimum Gasteiger partial charge on any atom is -0.504 e. The number of allylic oxidation sites excluding steroid dienone is 1. The molecule has 0 amide bonds. The van der Waals surface area contributed by atoms with Crippen LogP contribution in [0.2, 0.25) is 0 Å². The van der Waals surface area contributed by atoms with Crippen LogP contribution in [0.15, 0.2) is 63.5 Å². The number of esters is 1. The molecule has 0 radical (unpaired) electrons. The number of fused-ring (bicyclic) bond motifs is 1. The zero-order valence-electron chi connectivity index (χ0n) is 21.8. The van der Waals surface area contributed by atoms with Crippen molar-refractivity contribution in [3.8, 4) is 11.5 Å². The van der Waals surface area contributed by atoms with Gasteiger partial charge in [0.1, 0.15) is 0 Å². The van der Waals surface area contributed by atoms with Crippen molar-refractivity contribution in [2.75, 3.05) is 13.7 Å². The number of aromatic nitrogens is 1. The molecule has 0 spiro atoms. The van der Waals surface area contributed by atoms with Crippen LogP contribution < -0.4 is 19.6 Å². The lowest BCUT2D eigenvalue weighted by Gasteiger charge is -2.26. The number of benzene rings is 2. The molecule has 8 heteroatoms. The number of nitrogens with zero attached hydrogens (tertiary/aromatic N) is 2. The number of phenolic OH excluding ortho intramolecular Hbond substituents is 1. The van der Waals surface area contributed by atoms with Gasteiger partial charge in [-0.2, -0.15) is 0 Å². The van der Waals surface area contributed by atoms with E-state index in [9.17, 15) is 14.7 Å². The fourth-order valence-corrected chi connectivity index (χ4v) is 5.45. The van der Waals surface area contributed by atoms with Crippen molar-refractivity contribution in [2.24, 2.45) is 4.99 Å². The zero-order valence-corrected chi connectivity index (χ0v) is 22.6. The van der Waals surface area contributed by atoms with E-state index in [2.05, 4.69) is 13.8 Å². The van der Waals surface area contributed by atoms with Gasteiger partial charge < -0.3 is 14.6 Å². The van der Waals surface area contributed by atoms with E-state index < -0.39 is 12.0 Å². The quantitative estimate of drug-likeness (QED) is 0.444. The summed E-state index contributed by atoms with van der Waals surface area (Å²) in [5, 5.41) is 9.94. The van der Waals surface area contributed by atoms with Crippen LogP contribution in [0.1, 0.15) is 69.2 Å². The van der Waals surface area contributed by atoms with Crippen LogP contribution in [0.25, 0.3) is 6.08 Å². The summed E-state index contributed by atoms with van der Waals surface area (Å²) in [5.74, 6) is 0.243. The number of hydrogen-bond acceptors (Lipinski definition) is 7. The van der Waals surface area contributed by atoms with Crippen LogP contribution in [0, 0.1) is 0 Å². The van der Waals surface area contributed by atoms with Gasteiger partial charge in [0.2, 0.25) is 0 Å². The molecule has 2 heterocycles. The van der Waals surface area contributed by atoms with E-state index in [0.29, 0.717) is 44.3 Å². The Labute approximate surface area is 220 Å². The van der Waals surface area contributed by atoms with Gasteiger partial charge in [-0.05, 0) is 54.2 Å². The van der Waals surface area contributed by atoms with Crippen LogP contribution in [0.3, 0.4) is 0 Å². The molecule has 1 aliphatic rings. The summed E-state index contributed by atoms with van der Waals surface area (Å²) in [4.78, 5) is 32.4. The van der Waals surface area contributed by atoms with Gasteiger partial charge in [-0.3, -0.25) is 9.36 Å². The first-order valence-corrected chi connectivity index (χ1v) is 13.3. The molecule has 1 aliphatic heterocycles. The molecule has 2 aromatic carbocycles. The summed E-state index contributed by atoms with van der Waals surface area (Å²) < 4.78 is 12.7. The molecule has 0 aliphatic carbocycles. The van der Waals surface area contributed by atoms with Crippen LogP contribution in [-0.2, 0) is 9.53 Å². The van der Waals surface area contributed by atoms with Crippen LogP contribution in [0.4, 0.5) is 0 Å². The summed E-state index contributed by atoms with van der Waals surface area (Å²) in [6, 6.07) is 12.3. The van der Waals surface area contributed by atoms with E-state index in [1.54, 1.807) is 29.7 Å². The molecule has 3 aromatic rings. The average Bonchev–Trinajstić information content (AvgIpc) is 3.19. The lowest BCUT2D eigenvalue weighted by molar-refractivity contribution is -0.139. The highest BCUT2D eigenvalue weighted by atomic mass is 32.1. The summed E-state index contributed by atoms with van der Waals surface area (Å²) >= 11 is 1.28. The normalized spacial score (nSPS) is 15.5. The standard InChI is InChI=1S/C29H32N2O5S/c1-6-8-21-25(28(34)36-7-2)26(20-12-10-19(11-13-20)17(3)4)31-27(33)24(37-29(31)30-21)16-18-9-14-22(32)23(15-18)35-5/h9-17,26,32H,6-8H2,1-5H3/b24-16-/t26-/m1/s1. The van der Waals surface area contributed by atoms with Crippen molar-refractivity contribution in [1.29, 1.82) is 0 Å². The molecular formula is C29H32N2O5S. The number of carbonyl (C=O) groups excluding carboxylic acids is 1. The molecule has 0 bridgehead atoms. The summed E-state index contributed by atoms with van der Waals surface area (Å²) in [7, 11) is 1.48. The Hall–Kier alpha value is -3.65. The lowest BCUT2D eigenvalue weighted by Crippen LogP contribution is -2.40. The molecule has 0 saturated heterocycles. The number of hydrogen-bond donors (Lipinski definition) is 1. The third kappa shape index (κ3) is 5.25. The van der Waals surface area contributed by atoms with E-state index >= 15 is 0 Å². The molecule has 7 nitrogen and oxygen atoms in total. The highest BCUT2D eigenvalue weighted by Crippen LogP contribution is 2.33. The number of rotatable bonds is 8. The van der Waals surface area contributed by atoms with E-state index in [-0.39, 0.29) is 17.9 Å². The van der Waals surface area contributed by atoms with Crippen LogP contribution in [0.5, 0.6) is 11.5 Å². The number of ether oxygens (including phenoxy) is 2. The summed E-state index contributed by atoms with van der Waals surface area (Å²) in [6.45, 7) is 8.28. The van der Waals surface area contributed by atoms with E-state index in [1.807, 2.05) is 31.2 Å². The second kappa shape index (κ2) is 11.2. The molecule has 1 N–H and O–H groups in total. The van der Waals surface area contributed by atoms with Crippen molar-refractivity contribution in [3.05, 3.63) is 90.1 Å². The Balaban J connectivity index is 1.96. The van der Waals surface area contributed by atoms with Crippen molar-refractivity contribution in [1.82, 2.24) is 4.57 Å². The Bertz CT molecular complexity index is 1510. The molecule has 4 rings (SSSR count). The van der Waals surface area contributed by atoms with Gasteiger partial charge in [-0.25, -0.2) is 9.79 Å². The first-order chi connectivity index (χ1) is 17.8. The van der Waals surface area contributed by atoms with Crippen molar-refractivity contribution >= 4 is 23.4 Å². The summed E-state index contributed by atoms with van der Waals surface area (Å²) in [5.41, 5.74) is 3.52. The lowest BCUT2D eigenvalue weighted by atomic mass is 9.92. The highest BCUT2D eigenvalue weighted by molar-refractivity contribution is 7.07. The van der Waals surface area contributed by atoms with Gasteiger partial charge in [0.15, 0.2) is 16.3 Å². The maximum Gasteiger partial charge on any atom is 0.338 e. The number of carbonyl (C=O) groups is 1. The largest absolute Gasteiger partial charge is 0.504 e. The minimum absolute atomic E-state index is 0.0224. The van der Waals surface area contributed by atoms with Gasteiger partial charge in [0.25, 0.3) is 5.56 Å². The second-order valence-electron chi connectivity index (χ2n) is 9.17. The van der Waals surface area contributed by atoms with Gasteiger partial charge in [-0.1, -0.05) is 68.9 Å². The predicted octanol–water partition coefficient (Wildman–Crippen LogP) is 4.42. The molecule has 194 valence electrons. The van der Waals surface area contributed by atoms with Crippen molar-refractivity contribution in [3.63, 3.8) is 0 Å². The maximum atomic E-state index is 13.8. The fourth-order valence-electron chi connectivity index (χ4n) is 4.43. The Morgan fingerprint density at radius 2 is 1.92 bits per heavy atom. The smallest absolute Gasteiger partial charge is 0.338 e. The second-order valence-corrected chi connectivity index (χ2v) is 10.2. The van der Waals surface area contributed by atoms with Crippen LogP contribution in [-0.4, -0.2) is 29.4 Å². The first kappa shape index (κ1) is 26.4. The molecule has 0 fully saturated rings. The summed E-state index contributed by atoms with van der Waals surface area (Å²) in [6.07, 6.45) is 3.13. The van der Waals surface area contributed by atoms with E-state index in [4.69, 9.17) is 14.5 Å². The number of thiazole rings is 1. The third-order valence-electron chi connectivity index (χ3n) is 6.31. The van der Waals surface area contributed by atoms with Gasteiger partial charge in [0.05, 0.1) is 35.6 Å². The van der Waals surface area contributed by atoms with Crippen LogP contribution >= 0.6 is 11.3 Å². The number of phenols is 1. The van der Waals surface area contributed by atoms with Gasteiger partial charge in [0, 0.05) is 0 Å². The monoisotopic (exact) mass is 520 g/mol. The van der Waals surface area contributed by atoms with E-state index in [1.165, 1.54) is 30.1 Å². The number of aromatic hydroxyl groups is 1. The maximum absolute atomic E-state index is 13.8. The molecule has 0 saturated carbocycles. The topological polar surface area (TPSA) is 90.1 Å². The fraction of sp³-hybridized carbons (Fsp3) is 0.345. The first-order valence-electron chi connectivity index (χ1n) is 12.5. The number of methoxy groups -OCH3 is 1. The Morgan fingerprint density at radius 3 is 2.54 bits per heavy atom. The van der Waals surface area contributed by atoms with Crippen molar-refractivity contribution in [2.45, 2.75) is 52.5 Å². The molecular weight excluding hydrogens is 488 g/mol. The van der Waals surface area contributed by atoms with Crippen molar-refractivity contribution < 1.29 is 19.4 Å². The zero-order chi connectivity index (χ0) is 26.7. The van der Waals surface area contributed by atoms with E-state index in [0.717, 1.165) is 12.0 Å². The molecule has 0 unspecified atom stereocenters. The van der Waals surface area contributed by atoms with Gasteiger partial charge >= 0.3 is 5.97 Å². The third-order valence-corrected chi connectivity index (χ3v) is 7.30. The highest BCUT2D eigenvalue weighted by Gasteiger charge is 2.34. The average molecular weight is 521 g/mol. The molecule has 1 aromatic heterocycles.